The van der Waals surface area contributed by atoms with E-state index in [1.54, 1.807) is 0 Å². The van der Waals surface area contributed by atoms with Gasteiger partial charge < -0.3 is 0 Å². The van der Waals surface area contributed by atoms with Crippen molar-refractivity contribution in [3.8, 4) is 0 Å². The molecule has 22 heavy (non-hydrogen) atoms. The number of benzene rings is 1. The van der Waals surface area contributed by atoms with E-state index in [4.69, 9.17) is 9.88 Å². The molecule has 118 valence electrons. The summed E-state index contributed by atoms with van der Waals surface area (Å²) in [6.45, 7) is 4.39. The summed E-state index contributed by atoms with van der Waals surface area (Å²) in [6, 6.07) is 6.47. The van der Waals surface area contributed by atoms with Gasteiger partial charge in [-0.1, -0.05) is 32.8 Å². The average molecular weight is 299 g/mol. The van der Waals surface area contributed by atoms with Crippen LogP contribution in [0.1, 0.15) is 69.4 Å². The largest absolute Gasteiger partial charge is 0.254 e. The first kappa shape index (κ1) is 14.4. The molecule has 1 N–H and O–H groups in total. The zero-order valence-electron chi connectivity index (χ0n) is 13.5. The zero-order chi connectivity index (χ0) is 15.3. The van der Waals surface area contributed by atoms with Gasteiger partial charge in [-0.3, -0.25) is 10.2 Å². The van der Waals surface area contributed by atoms with E-state index in [2.05, 4.69) is 32.0 Å². The maximum atomic E-state index is 9.84. The van der Waals surface area contributed by atoms with E-state index in [-0.39, 0.29) is 0 Å². The summed E-state index contributed by atoms with van der Waals surface area (Å²) in [5.41, 5.74) is 3.80. The third-order valence-corrected chi connectivity index (χ3v) is 6.06. The monoisotopic (exact) mass is 299 g/mol. The quantitative estimate of drug-likeness (QED) is 0.604. The number of hydrogen-bond donors (Lipinski definition) is 1. The SMILES string of the molecule is CC(C)c1ccc2c(c1)C1(OO)CC[C@H]3CCCC[C@@H]3C1=N2. The standard InChI is InChI=1S/C19H25NO2/c1-12(2)14-7-8-17-16(11-14)19(22-21)10-9-13-5-3-4-6-15(13)18(19)20-17/h7-8,11-13,15,21H,3-6,9-10H2,1-2H3/t13-,15+,19?/m1/s1. The van der Waals surface area contributed by atoms with E-state index in [1.807, 2.05) is 0 Å². The van der Waals surface area contributed by atoms with E-state index in [0.29, 0.717) is 11.8 Å². The maximum Gasteiger partial charge on any atom is 0.168 e. The van der Waals surface area contributed by atoms with Crippen LogP contribution in [0.2, 0.25) is 0 Å². The number of nitrogens with zero attached hydrogens (tertiary/aromatic N) is 1. The molecule has 3 nitrogen and oxygen atoms in total. The van der Waals surface area contributed by atoms with Gasteiger partial charge in [0.05, 0.1) is 11.4 Å². The summed E-state index contributed by atoms with van der Waals surface area (Å²) >= 11 is 0. The molecule has 1 aromatic rings. The number of aliphatic imine (C=N–C) groups is 1. The highest BCUT2D eigenvalue weighted by atomic mass is 17.1. The lowest BCUT2D eigenvalue weighted by Gasteiger charge is -2.43. The lowest BCUT2D eigenvalue weighted by atomic mass is 9.63. The van der Waals surface area contributed by atoms with Crippen LogP contribution in [0, 0.1) is 11.8 Å². The molecule has 4 rings (SSSR count). The molecule has 2 aliphatic carbocycles. The fourth-order valence-corrected chi connectivity index (χ4v) is 4.78. The third-order valence-electron chi connectivity index (χ3n) is 6.06. The predicted octanol–water partition coefficient (Wildman–Crippen LogP) is 5.18. The van der Waals surface area contributed by atoms with Crippen LogP contribution in [-0.2, 0) is 10.5 Å². The second-order valence-corrected chi connectivity index (χ2v) is 7.54. The summed E-state index contributed by atoms with van der Waals surface area (Å²) in [5.74, 6) is 1.69. The smallest absolute Gasteiger partial charge is 0.168 e. The van der Waals surface area contributed by atoms with Crippen molar-refractivity contribution in [2.45, 2.75) is 63.9 Å². The van der Waals surface area contributed by atoms with Crippen molar-refractivity contribution in [3.63, 3.8) is 0 Å². The normalized spacial score (nSPS) is 33.2. The number of rotatable bonds is 2. The summed E-state index contributed by atoms with van der Waals surface area (Å²) in [5, 5.41) is 9.84. The van der Waals surface area contributed by atoms with Crippen LogP contribution in [0.4, 0.5) is 5.69 Å². The van der Waals surface area contributed by atoms with Crippen molar-refractivity contribution in [2.75, 3.05) is 0 Å². The molecular weight excluding hydrogens is 274 g/mol. The molecule has 3 heteroatoms. The Bertz CT molecular complexity index is 622. The van der Waals surface area contributed by atoms with Crippen LogP contribution in [0.15, 0.2) is 23.2 Å². The predicted molar refractivity (Wildman–Crippen MR) is 87.7 cm³/mol. The minimum absolute atomic E-state index is 0.469. The van der Waals surface area contributed by atoms with Gasteiger partial charge in [-0.25, -0.2) is 4.89 Å². The Morgan fingerprint density at radius 1 is 1.23 bits per heavy atom. The molecule has 1 aliphatic heterocycles. The van der Waals surface area contributed by atoms with Gasteiger partial charge in [0.15, 0.2) is 5.60 Å². The minimum Gasteiger partial charge on any atom is -0.254 e. The van der Waals surface area contributed by atoms with E-state index in [9.17, 15) is 5.26 Å². The molecule has 1 unspecified atom stereocenters. The highest BCUT2D eigenvalue weighted by molar-refractivity contribution is 6.02. The molecule has 0 bridgehead atoms. The highest BCUT2D eigenvalue weighted by Crippen LogP contribution is 2.54. The summed E-state index contributed by atoms with van der Waals surface area (Å²) in [7, 11) is 0. The molecule has 1 heterocycles. The van der Waals surface area contributed by atoms with E-state index in [0.717, 1.165) is 35.7 Å². The molecule has 0 saturated heterocycles. The Balaban J connectivity index is 1.81. The molecule has 1 aromatic carbocycles. The van der Waals surface area contributed by atoms with Gasteiger partial charge >= 0.3 is 0 Å². The van der Waals surface area contributed by atoms with Crippen molar-refractivity contribution in [3.05, 3.63) is 29.3 Å². The number of fused-ring (bicyclic) bond motifs is 5. The molecule has 2 saturated carbocycles. The van der Waals surface area contributed by atoms with Gasteiger partial charge in [0, 0.05) is 11.5 Å². The van der Waals surface area contributed by atoms with Gasteiger partial charge in [0.1, 0.15) is 0 Å². The Morgan fingerprint density at radius 3 is 2.82 bits per heavy atom. The van der Waals surface area contributed by atoms with Gasteiger partial charge in [0.2, 0.25) is 0 Å². The van der Waals surface area contributed by atoms with Crippen molar-refractivity contribution in [1.29, 1.82) is 0 Å². The molecule has 0 spiro atoms. The van der Waals surface area contributed by atoms with Gasteiger partial charge in [-0.05, 0) is 55.2 Å². The molecule has 0 amide bonds. The van der Waals surface area contributed by atoms with Crippen LogP contribution in [0.3, 0.4) is 0 Å². The molecule has 0 radical (unpaired) electrons. The first-order valence-corrected chi connectivity index (χ1v) is 8.72. The zero-order valence-corrected chi connectivity index (χ0v) is 13.5. The first-order valence-electron chi connectivity index (χ1n) is 8.72. The maximum absolute atomic E-state index is 9.84. The lowest BCUT2D eigenvalue weighted by Crippen LogP contribution is -2.47. The summed E-state index contributed by atoms with van der Waals surface area (Å²) in [6.07, 6.45) is 7.10. The molecule has 3 aliphatic rings. The summed E-state index contributed by atoms with van der Waals surface area (Å²) in [4.78, 5) is 10.1. The first-order chi connectivity index (χ1) is 10.7. The van der Waals surface area contributed by atoms with Crippen LogP contribution in [0.5, 0.6) is 0 Å². The lowest BCUT2D eigenvalue weighted by molar-refractivity contribution is -0.310. The Hall–Kier alpha value is -1.19. The van der Waals surface area contributed by atoms with Crippen molar-refractivity contribution >= 4 is 11.4 Å². The number of hydrogen-bond acceptors (Lipinski definition) is 3. The minimum atomic E-state index is -0.668. The average Bonchev–Trinajstić information content (AvgIpc) is 2.89. The van der Waals surface area contributed by atoms with Crippen LogP contribution in [0.25, 0.3) is 0 Å². The second kappa shape index (κ2) is 5.17. The molecule has 3 atom stereocenters. The highest BCUT2D eigenvalue weighted by Gasteiger charge is 2.53. The summed E-state index contributed by atoms with van der Waals surface area (Å²) < 4.78 is 0. The Kier molecular flexibility index (Phi) is 3.39. The Labute approximate surface area is 132 Å². The van der Waals surface area contributed by atoms with Gasteiger partial charge in [-0.15, -0.1) is 0 Å². The topological polar surface area (TPSA) is 41.8 Å². The molecule has 0 aromatic heterocycles. The molecule has 2 fully saturated rings. The van der Waals surface area contributed by atoms with Gasteiger partial charge in [-0.2, -0.15) is 0 Å². The van der Waals surface area contributed by atoms with Crippen molar-refractivity contribution < 1.29 is 10.1 Å². The van der Waals surface area contributed by atoms with Gasteiger partial charge in [0.25, 0.3) is 0 Å². The fourth-order valence-electron chi connectivity index (χ4n) is 4.78. The Morgan fingerprint density at radius 2 is 2.05 bits per heavy atom. The van der Waals surface area contributed by atoms with Crippen LogP contribution in [-0.4, -0.2) is 11.0 Å². The van der Waals surface area contributed by atoms with Crippen molar-refractivity contribution in [2.24, 2.45) is 16.8 Å². The van der Waals surface area contributed by atoms with Crippen LogP contribution < -0.4 is 0 Å². The fraction of sp³-hybridized carbons (Fsp3) is 0.632. The van der Waals surface area contributed by atoms with E-state index < -0.39 is 5.60 Å². The second-order valence-electron chi connectivity index (χ2n) is 7.54. The van der Waals surface area contributed by atoms with E-state index in [1.165, 1.54) is 31.2 Å². The van der Waals surface area contributed by atoms with E-state index >= 15 is 0 Å². The van der Waals surface area contributed by atoms with Crippen LogP contribution >= 0.6 is 0 Å². The third kappa shape index (κ3) is 1.92. The molecular formula is C19H25NO2. The van der Waals surface area contributed by atoms with Crippen molar-refractivity contribution in [1.82, 2.24) is 0 Å².